The third kappa shape index (κ3) is 5.27. The van der Waals surface area contributed by atoms with Gasteiger partial charge in [-0.25, -0.2) is 0 Å². The number of aliphatic hydroxyl groups is 1. The number of nitrogens with zero attached hydrogens (tertiary/aromatic N) is 4. The van der Waals surface area contributed by atoms with Crippen molar-refractivity contribution in [1.29, 1.82) is 0 Å². The minimum absolute atomic E-state index is 0.105. The van der Waals surface area contributed by atoms with Crippen molar-refractivity contribution in [2.24, 2.45) is 0 Å². The standard InChI is InChI=1S/C27H32ClN5O3/c1-36-25-7-6-19(28)16-24(25)30-26(35)18-32-9-8-23-21(17-32)27(20-4-2-3-5-22(20)29-23)33-12-10-31(11-13-33)14-15-34/h2-7,16,34H,8-15,17-18H2,1H3,(H,30,35). The number of carbonyl (C=O) groups is 1. The second-order valence-corrected chi connectivity index (χ2v) is 9.74. The van der Waals surface area contributed by atoms with Crippen molar-refractivity contribution >= 4 is 39.8 Å². The number of fused-ring (bicyclic) bond motifs is 2. The summed E-state index contributed by atoms with van der Waals surface area (Å²) in [4.78, 5) is 24.9. The highest BCUT2D eigenvalue weighted by atomic mass is 35.5. The van der Waals surface area contributed by atoms with Crippen LogP contribution in [0.5, 0.6) is 5.75 Å². The monoisotopic (exact) mass is 509 g/mol. The zero-order chi connectivity index (χ0) is 25.1. The van der Waals surface area contributed by atoms with Crippen molar-refractivity contribution in [3.05, 3.63) is 58.7 Å². The summed E-state index contributed by atoms with van der Waals surface area (Å²) in [6, 6.07) is 13.5. The van der Waals surface area contributed by atoms with E-state index in [1.54, 1.807) is 25.3 Å². The lowest BCUT2D eigenvalue weighted by molar-refractivity contribution is -0.117. The van der Waals surface area contributed by atoms with Crippen molar-refractivity contribution in [3.63, 3.8) is 0 Å². The van der Waals surface area contributed by atoms with E-state index in [9.17, 15) is 9.90 Å². The number of carbonyl (C=O) groups excluding carboxylic acids is 1. The maximum absolute atomic E-state index is 13.0. The number of benzene rings is 2. The molecule has 0 atom stereocenters. The van der Waals surface area contributed by atoms with E-state index >= 15 is 0 Å². The van der Waals surface area contributed by atoms with Gasteiger partial charge in [-0.05, 0) is 24.3 Å². The summed E-state index contributed by atoms with van der Waals surface area (Å²) in [5.74, 6) is 0.474. The number of nitrogens with one attached hydrogen (secondary N) is 1. The predicted molar refractivity (Wildman–Crippen MR) is 143 cm³/mol. The molecule has 9 heteroatoms. The summed E-state index contributed by atoms with van der Waals surface area (Å²) in [7, 11) is 1.57. The molecule has 1 saturated heterocycles. The first-order valence-corrected chi connectivity index (χ1v) is 12.8. The molecule has 5 rings (SSSR count). The van der Waals surface area contributed by atoms with Crippen LogP contribution in [-0.4, -0.2) is 85.3 Å². The highest BCUT2D eigenvalue weighted by Gasteiger charge is 2.28. The average molecular weight is 510 g/mol. The van der Waals surface area contributed by atoms with Crippen LogP contribution in [0.2, 0.25) is 5.02 Å². The number of piperazine rings is 1. The van der Waals surface area contributed by atoms with E-state index < -0.39 is 0 Å². The van der Waals surface area contributed by atoms with E-state index in [1.807, 2.05) is 6.07 Å². The molecule has 1 aromatic heterocycles. The minimum Gasteiger partial charge on any atom is -0.495 e. The molecule has 2 aromatic carbocycles. The molecule has 2 aliphatic rings. The topological polar surface area (TPSA) is 81.2 Å². The molecule has 190 valence electrons. The maximum Gasteiger partial charge on any atom is 0.238 e. The molecule has 0 unspecified atom stereocenters. The number of methoxy groups -OCH3 is 1. The summed E-state index contributed by atoms with van der Waals surface area (Å²) >= 11 is 6.13. The number of hydrogen-bond donors (Lipinski definition) is 2. The van der Waals surface area contributed by atoms with Crippen molar-refractivity contribution in [2.75, 3.05) is 69.7 Å². The number of anilines is 2. The zero-order valence-corrected chi connectivity index (χ0v) is 21.3. The molecule has 0 saturated carbocycles. The lowest BCUT2D eigenvalue weighted by Gasteiger charge is -2.39. The lowest BCUT2D eigenvalue weighted by atomic mass is 9.98. The van der Waals surface area contributed by atoms with Crippen LogP contribution >= 0.6 is 11.6 Å². The average Bonchev–Trinajstić information content (AvgIpc) is 2.88. The molecule has 3 heterocycles. The first kappa shape index (κ1) is 24.8. The number of aromatic nitrogens is 1. The number of hydrogen-bond acceptors (Lipinski definition) is 7. The van der Waals surface area contributed by atoms with Crippen LogP contribution in [0.25, 0.3) is 10.9 Å². The minimum atomic E-state index is -0.105. The number of rotatable bonds is 7. The molecule has 36 heavy (non-hydrogen) atoms. The Labute approximate surface area is 216 Å². The Bertz CT molecular complexity index is 1250. The molecular formula is C27H32ClN5O3. The highest BCUT2D eigenvalue weighted by molar-refractivity contribution is 6.31. The predicted octanol–water partition coefficient (Wildman–Crippen LogP) is 3.01. The van der Waals surface area contributed by atoms with E-state index in [1.165, 1.54) is 11.3 Å². The van der Waals surface area contributed by atoms with Gasteiger partial charge in [0.1, 0.15) is 5.75 Å². The van der Waals surface area contributed by atoms with Crippen LogP contribution in [0.3, 0.4) is 0 Å². The molecule has 2 N–H and O–H groups in total. The van der Waals surface area contributed by atoms with E-state index in [-0.39, 0.29) is 19.1 Å². The number of β-amino-alcohol motifs (C(OH)–C–C–N with tert-alkyl or cyclic N) is 1. The van der Waals surface area contributed by atoms with Crippen molar-refractivity contribution in [1.82, 2.24) is 14.8 Å². The fourth-order valence-corrected chi connectivity index (χ4v) is 5.40. The van der Waals surface area contributed by atoms with Gasteiger partial charge in [-0.15, -0.1) is 0 Å². The number of aliphatic hydroxyl groups excluding tert-OH is 1. The highest BCUT2D eigenvalue weighted by Crippen LogP contribution is 2.36. The third-order valence-electron chi connectivity index (χ3n) is 7.00. The maximum atomic E-state index is 13.0. The summed E-state index contributed by atoms with van der Waals surface area (Å²) in [6.45, 7) is 6.23. The number of ether oxygens (including phenoxy) is 1. The quantitative estimate of drug-likeness (QED) is 0.506. The van der Waals surface area contributed by atoms with Gasteiger partial charge in [0.15, 0.2) is 0 Å². The Balaban J connectivity index is 1.37. The normalized spacial score (nSPS) is 16.7. The molecule has 8 nitrogen and oxygen atoms in total. The molecule has 0 radical (unpaired) electrons. The molecule has 0 bridgehead atoms. The van der Waals surface area contributed by atoms with Gasteiger partial charge < -0.3 is 20.1 Å². The third-order valence-corrected chi connectivity index (χ3v) is 7.24. The number of pyridine rings is 1. The van der Waals surface area contributed by atoms with Gasteiger partial charge in [0.2, 0.25) is 5.91 Å². The first-order chi connectivity index (χ1) is 17.6. The lowest BCUT2D eigenvalue weighted by Crippen LogP contribution is -2.48. The van der Waals surface area contributed by atoms with Crippen LogP contribution in [0.1, 0.15) is 11.3 Å². The van der Waals surface area contributed by atoms with Crippen molar-refractivity contribution < 1.29 is 14.6 Å². The van der Waals surface area contributed by atoms with Gasteiger partial charge in [0, 0.05) is 73.9 Å². The fourth-order valence-electron chi connectivity index (χ4n) is 5.23. The Morgan fingerprint density at radius 2 is 1.92 bits per heavy atom. The Hall–Kier alpha value is -2.91. The Morgan fingerprint density at radius 3 is 2.69 bits per heavy atom. The number of amides is 1. The molecule has 0 aliphatic carbocycles. The van der Waals surface area contributed by atoms with Gasteiger partial charge in [0.05, 0.1) is 37.2 Å². The van der Waals surface area contributed by atoms with Crippen LogP contribution in [0, 0.1) is 0 Å². The SMILES string of the molecule is COc1ccc(Cl)cc1NC(=O)CN1CCc2nc3ccccc3c(N3CCN(CCO)CC3)c2C1. The number of halogens is 1. The van der Waals surface area contributed by atoms with Gasteiger partial charge in [0.25, 0.3) is 0 Å². The van der Waals surface area contributed by atoms with E-state index in [0.29, 0.717) is 29.5 Å². The smallest absolute Gasteiger partial charge is 0.238 e. The van der Waals surface area contributed by atoms with E-state index in [4.69, 9.17) is 21.3 Å². The Kier molecular flexibility index (Phi) is 7.57. The van der Waals surface area contributed by atoms with Crippen molar-refractivity contribution in [2.45, 2.75) is 13.0 Å². The van der Waals surface area contributed by atoms with Gasteiger partial charge in [-0.2, -0.15) is 0 Å². The van der Waals surface area contributed by atoms with Crippen molar-refractivity contribution in [3.8, 4) is 5.75 Å². The van der Waals surface area contributed by atoms with Gasteiger partial charge >= 0.3 is 0 Å². The molecule has 0 spiro atoms. The second-order valence-electron chi connectivity index (χ2n) is 9.31. The molecule has 2 aliphatic heterocycles. The molecule has 1 fully saturated rings. The number of para-hydroxylation sites is 1. The summed E-state index contributed by atoms with van der Waals surface area (Å²) in [5.41, 5.74) is 5.16. The fraction of sp³-hybridized carbons (Fsp3) is 0.407. The molecule has 1 amide bonds. The zero-order valence-electron chi connectivity index (χ0n) is 20.5. The van der Waals surface area contributed by atoms with Crippen LogP contribution in [0.15, 0.2) is 42.5 Å². The van der Waals surface area contributed by atoms with Crippen LogP contribution in [0.4, 0.5) is 11.4 Å². The van der Waals surface area contributed by atoms with E-state index in [2.05, 4.69) is 38.2 Å². The second kappa shape index (κ2) is 11.0. The molecule has 3 aromatic rings. The first-order valence-electron chi connectivity index (χ1n) is 12.4. The largest absolute Gasteiger partial charge is 0.495 e. The van der Waals surface area contributed by atoms with Crippen LogP contribution in [-0.2, 0) is 17.8 Å². The Morgan fingerprint density at radius 1 is 1.11 bits per heavy atom. The van der Waals surface area contributed by atoms with Gasteiger partial charge in [-0.3, -0.25) is 19.6 Å². The summed E-state index contributed by atoms with van der Waals surface area (Å²) in [5, 5.41) is 14.0. The van der Waals surface area contributed by atoms with E-state index in [0.717, 1.165) is 55.7 Å². The van der Waals surface area contributed by atoms with Gasteiger partial charge in [-0.1, -0.05) is 29.8 Å². The summed E-state index contributed by atoms with van der Waals surface area (Å²) < 4.78 is 5.37. The summed E-state index contributed by atoms with van der Waals surface area (Å²) in [6.07, 6.45) is 0.797. The molecular weight excluding hydrogens is 478 g/mol. The van der Waals surface area contributed by atoms with Crippen LogP contribution < -0.4 is 15.0 Å².